The third-order valence-electron chi connectivity index (χ3n) is 2.25. The molecule has 12 heavy (non-hydrogen) atoms. The second kappa shape index (κ2) is 7.52. The van der Waals surface area contributed by atoms with Crippen molar-refractivity contribution in [1.82, 2.24) is 0 Å². The summed E-state index contributed by atoms with van der Waals surface area (Å²) >= 11 is 0. The van der Waals surface area contributed by atoms with Gasteiger partial charge in [-0.1, -0.05) is 51.3 Å². The monoisotopic (exact) mass is 162 g/mol. The highest BCUT2D eigenvalue weighted by Gasteiger charge is 2.01. The standard InChI is InChI=1S/C10H20B2/c1-5-9(7-11-3)10(6-2)8-12-4/h5-8H2,1-4H3/b10-9-. The molecule has 66 valence electrons. The third-order valence-corrected chi connectivity index (χ3v) is 2.25. The van der Waals surface area contributed by atoms with Crippen LogP contribution in [-0.2, 0) is 0 Å². The zero-order valence-corrected chi connectivity index (χ0v) is 8.98. The molecule has 0 unspecified atom stereocenters. The first-order chi connectivity index (χ1) is 5.79. The lowest BCUT2D eigenvalue weighted by Crippen LogP contribution is -1.95. The van der Waals surface area contributed by atoms with Crippen LogP contribution >= 0.6 is 0 Å². The molecule has 0 spiro atoms. The fourth-order valence-corrected chi connectivity index (χ4v) is 1.57. The van der Waals surface area contributed by atoms with Crippen molar-refractivity contribution in [2.75, 3.05) is 0 Å². The highest BCUT2D eigenvalue weighted by Crippen LogP contribution is 2.19. The quantitative estimate of drug-likeness (QED) is 0.414. The van der Waals surface area contributed by atoms with Gasteiger partial charge in [-0.2, -0.15) is 0 Å². The summed E-state index contributed by atoms with van der Waals surface area (Å²) in [7, 11) is 4.51. The average Bonchev–Trinajstić information content (AvgIpc) is 2.11. The van der Waals surface area contributed by atoms with Gasteiger partial charge in [0.1, 0.15) is 14.6 Å². The van der Waals surface area contributed by atoms with Gasteiger partial charge in [0, 0.05) is 0 Å². The van der Waals surface area contributed by atoms with Gasteiger partial charge < -0.3 is 0 Å². The molecule has 0 aromatic rings. The fourth-order valence-electron chi connectivity index (χ4n) is 1.57. The molecule has 0 bridgehead atoms. The Morgan fingerprint density at radius 2 is 1.17 bits per heavy atom. The maximum absolute atomic E-state index is 2.25. The van der Waals surface area contributed by atoms with Crippen LogP contribution in [0, 0.1) is 0 Å². The minimum atomic E-state index is 1.17. The van der Waals surface area contributed by atoms with Gasteiger partial charge in [-0.25, -0.2) is 0 Å². The van der Waals surface area contributed by atoms with E-state index in [-0.39, 0.29) is 0 Å². The van der Waals surface area contributed by atoms with Crippen LogP contribution in [-0.4, -0.2) is 14.6 Å². The van der Waals surface area contributed by atoms with E-state index in [4.69, 9.17) is 0 Å². The molecule has 0 atom stereocenters. The molecule has 0 aromatic heterocycles. The lowest BCUT2D eigenvalue weighted by Gasteiger charge is -2.10. The van der Waals surface area contributed by atoms with E-state index < -0.39 is 0 Å². The van der Waals surface area contributed by atoms with Crippen LogP contribution in [0.25, 0.3) is 0 Å². The van der Waals surface area contributed by atoms with Crippen LogP contribution in [0.5, 0.6) is 0 Å². The molecular formula is C10H20B2. The number of hydrogen-bond acceptors (Lipinski definition) is 0. The van der Waals surface area contributed by atoms with E-state index in [1.165, 1.54) is 25.5 Å². The second-order valence-corrected chi connectivity index (χ2v) is 3.14. The predicted octanol–water partition coefficient (Wildman–Crippen LogP) is 3.44. The highest BCUT2D eigenvalue weighted by atomic mass is 14.0. The van der Waals surface area contributed by atoms with E-state index in [9.17, 15) is 0 Å². The van der Waals surface area contributed by atoms with Crippen LogP contribution in [0.15, 0.2) is 11.1 Å². The minimum absolute atomic E-state index is 1.17. The maximum atomic E-state index is 2.25. The zero-order chi connectivity index (χ0) is 9.40. The van der Waals surface area contributed by atoms with Gasteiger partial charge in [0.25, 0.3) is 0 Å². The van der Waals surface area contributed by atoms with Crippen molar-refractivity contribution in [3.05, 3.63) is 11.1 Å². The van der Waals surface area contributed by atoms with Crippen LogP contribution in [0.1, 0.15) is 26.7 Å². The Morgan fingerprint density at radius 3 is 1.33 bits per heavy atom. The molecule has 0 rings (SSSR count). The summed E-state index contributed by atoms with van der Waals surface area (Å²) in [5, 5.41) is 0. The molecule has 0 fully saturated rings. The van der Waals surface area contributed by atoms with E-state index >= 15 is 0 Å². The summed E-state index contributed by atoms with van der Waals surface area (Å²) < 4.78 is 0. The average molecular weight is 162 g/mol. The van der Waals surface area contributed by atoms with Crippen molar-refractivity contribution in [2.45, 2.75) is 53.0 Å². The van der Waals surface area contributed by atoms with Gasteiger partial charge in [0.2, 0.25) is 0 Å². The molecular weight excluding hydrogens is 142 g/mol. The van der Waals surface area contributed by atoms with Crippen LogP contribution < -0.4 is 0 Å². The van der Waals surface area contributed by atoms with E-state index in [0.29, 0.717) is 0 Å². The summed E-state index contributed by atoms with van der Waals surface area (Å²) in [4.78, 5) is 0. The smallest absolute Gasteiger partial charge is 0.0917 e. The largest absolute Gasteiger partial charge is 0.111 e. The molecule has 2 heteroatoms. The summed E-state index contributed by atoms with van der Waals surface area (Å²) in [6.07, 6.45) is 4.77. The van der Waals surface area contributed by atoms with Crippen molar-refractivity contribution in [2.24, 2.45) is 0 Å². The zero-order valence-electron chi connectivity index (χ0n) is 8.98. The minimum Gasteiger partial charge on any atom is -0.0917 e. The highest BCUT2D eigenvalue weighted by molar-refractivity contribution is 6.35. The number of hydrogen-bond donors (Lipinski definition) is 0. The van der Waals surface area contributed by atoms with Gasteiger partial charge in [0.05, 0.1) is 0 Å². The molecule has 0 aliphatic carbocycles. The Kier molecular flexibility index (Phi) is 7.43. The van der Waals surface area contributed by atoms with Crippen molar-refractivity contribution in [3.8, 4) is 0 Å². The SMILES string of the molecule is C[B]C/C(CC)=C(/CC)C[B]C. The molecule has 0 N–H and O–H groups in total. The van der Waals surface area contributed by atoms with E-state index in [0.717, 1.165) is 0 Å². The number of allylic oxidation sites excluding steroid dienone is 2. The number of rotatable bonds is 6. The van der Waals surface area contributed by atoms with Crippen molar-refractivity contribution < 1.29 is 0 Å². The van der Waals surface area contributed by atoms with Gasteiger partial charge in [-0.15, -0.1) is 0 Å². The van der Waals surface area contributed by atoms with E-state index in [2.05, 4.69) is 42.1 Å². The van der Waals surface area contributed by atoms with Crippen LogP contribution in [0.4, 0.5) is 0 Å². The Morgan fingerprint density at radius 1 is 0.833 bits per heavy atom. The molecule has 0 saturated carbocycles. The first-order valence-electron chi connectivity index (χ1n) is 5.05. The van der Waals surface area contributed by atoms with E-state index in [1.807, 2.05) is 0 Å². The molecule has 2 radical (unpaired) electrons. The fraction of sp³-hybridized carbons (Fsp3) is 0.800. The Bertz CT molecular complexity index is 123. The molecule has 0 amide bonds. The molecule has 0 nitrogen and oxygen atoms in total. The maximum Gasteiger partial charge on any atom is 0.111 e. The lowest BCUT2D eigenvalue weighted by atomic mass is 9.68. The third kappa shape index (κ3) is 4.04. The van der Waals surface area contributed by atoms with Crippen molar-refractivity contribution in [1.29, 1.82) is 0 Å². The van der Waals surface area contributed by atoms with Gasteiger partial charge >= 0.3 is 0 Å². The lowest BCUT2D eigenvalue weighted by molar-refractivity contribution is 0.979. The van der Waals surface area contributed by atoms with Crippen molar-refractivity contribution in [3.63, 3.8) is 0 Å². The Hall–Kier alpha value is -0.130. The molecule has 0 aromatic carbocycles. The molecule has 0 heterocycles. The Labute approximate surface area is 79.3 Å². The summed E-state index contributed by atoms with van der Waals surface area (Å²) in [6.45, 7) is 8.78. The van der Waals surface area contributed by atoms with Crippen molar-refractivity contribution >= 4 is 14.6 Å². The summed E-state index contributed by atoms with van der Waals surface area (Å²) in [5.41, 5.74) is 3.27. The normalized spacial score (nSPS) is 12.3. The summed E-state index contributed by atoms with van der Waals surface area (Å²) in [5.74, 6) is 0. The first-order valence-corrected chi connectivity index (χ1v) is 5.05. The Balaban J connectivity index is 4.26. The van der Waals surface area contributed by atoms with Gasteiger partial charge in [-0.05, 0) is 12.8 Å². The second-order valence-electron chi connectivity index (χ2n) is 3.14. The first kappa shape index (κ1) is 11.9. The van der Waals surface area contributed by atoms with Gasteiger partial charge in [-0.3, -0.25) is 0 Å². The summed E-state index contributed by atoms with van der Waals surface area (Å²) in [6, 6.07) is 0. The van der Waals surface area contributed by atoms with Crippen LogP contribution in [0.2, 0.25) is 26.3 Å². The molecule has 0 saturated heterocycles. The van der Waals surface area contributed by atoms with Crippen LogP contribution in [0.3, 0.4) is 0 Å². The van der Waals surface area contributed by atoms with Gasteiger partial charge in [0.15, 0.2) is 0 Å². The van der Waals surface area contributed by atoms with E-state index in [1.54, 1.807) is 11.1 Å². The predicted molar refractivity (Wildman–Crippen MR) is 60.5 cm³/mol. The topological polar surface area (TPSA) is 0 Å². The molecule has 0 aliphatic heterocycles. The molecule has 0 aliphatic rings.